The molecule has 2 atom stereocenters. The summed E-state index contributed by atoms with van der Waals surface area (Å²) < 4.78 is 38.8. The van der Waals surface area contributed by atoms with E-state index in [0.29, 0.717) is 18.3 Å². The van der Waals surface area contributed by atoms with Crippen LogP contribution in [0.15, 0.2) is 48.5 Å². The van der Waals surface area contributed by atoms with Crippen LogP contribution in [0.4, 0.5) is 13.2 Å². The maximum Gasteiger partial charge on any atom is 0.416 e. The SMILES string of the molecule is CC(C)(C)c1ccc(C2(O)CC3CN(CCc4cccc(C(F)(F)F)c4)CC3C2)cc1. The van der Waals surface area contributed by atoms with E-state index >= 15 is 0 Å². The molecule has 1 heterocycles. The molecule has 2 unspecified atom stereocenters. The summed E-state index contributed by atoms with van der Waals surface area (Å²) >= 11 is 0. The van der Waals surface area contributed by atoms with Crippen LogP contribution >= 0.6 is 0 Å². The smallest absolute Gasteiger partial charge is 0.385 e. The first-order valence-electron chi connectivity index (χ1n) is 11.2. The highest BCUT2D eigenvalue weighted by Gasteiger charge is 2.48. The molecule has 31 heavy (non-hydrogen) atoms. The van der Waals surface area contributed by atoms with E-state index in [-0.39, 0.29) is 5.41 Å². The standard InChI is InChI=1S/C26H32F3NO/c1-24(2,3)21-7-9-22(10-8-21)25(31)14-19-16-30(17-20(19)15-25)12-11-18-5-4-6-23(13-18)26(27,28)29/h4-10,13,19-20,31H,11-12,14-17H2,1-3H3. The summed E-state index contributed by atoms with van der Waals surface area (Å²) in [6.07, 6.45) is -2.17. The lowest BCUT2D eigenvalue weighted by atomic mass is 9.84. The molecule has 2 aromatic rings. The predicted molar refractivity (Wildman–Crippen MR) is 117 cm³/mol. The number of alkyl halides is 3. The largest absolute Gasteiger partial charge is 0.416 e. The molecular formula is C26H32F3NO. The third kappa shape index (κ3) is 4.83. The Kier molecular flexibility index (Phi) is 5.72. The van der Waals surface area contributed by atoms with Gasteiger partial charge in [-0.1, -0.05) is 63.2 Å². The summed E-state index contributed by atoms with van der Waals surface area (Å²) in [4.78, 5) is 2.35. The number of aliphatic hydroxyl groups is 1. The van der Waals surface area contributed by atoms with Gasteiger partial charge in [0.2, 0.25) is 0 Å². The number of likely N-dealkylation sites (tertiary alicyclic amines) is 1. The van der Waals surface area contributed by atoms with Crippen LogP contribution < -0.4 is 0 Å². The Labute approximate surface area is 183 Å². The maximum absolute atomic E-state index is 12.9. The molecule has 1 saturated heterocycles. The second-order valence-corrected chi connectivity index (χ2v) is 10.5. The lowest BCUT2D eigenvalue weighted by molar-refractivity contribution is -0.137. The topological polar surface area (TPSA) is 23.5 Å². The fourth-order valence-corrected chi connectivity index (χ4v) is 5.34. The van der Waals surface area contributed by atoms with Crippen LogP contribution in [-0.4, -0.2) is 29.6 Å². The highest BCUT2D eigenvalue weighted by Crippen LogP contribution is 2.49. The van der Waals surface area contributed by atoms with Crippen molar-refractivity contribution in [3.8, 4) is 0 Å². The summed E-state index contributed by atoms with van der Waals surface area (Å²) in [6.45, 7) is 9.13. The molecule has 1 N–H and O–H groups in total. The van der Waals surface area contributed by atoms with E-state index in [0.717, 1.165) is 49.7 Å². The van der Waals surface area contributed by atoms with Crippen molar-refractivity contribution >= 4 is 0 Å². The van der Waals surface area contributed by atoms with Crippen molar-refractivity contribution in [2.75, 3.05) is 19.6 Å². The van der Waals surface area contributed by atoms with Gasteiger partial charge in [0.25, 0.3) is 0 Å². The normalized spacial score (nSPS) is 26.9. The Morgan fingerprint density at radius 1 is 0.935 bits per heavy atom. The predicted octanol–water partition coefficient (Wildman–Crippen LogP) is 5.78. The second-order valence-electron chi connectivity index (χ2n) is 10.5. The van der Waals surface area contributed by atoms with Gasteiger partial charge in [-0.3, -0.25) is 0 Å². The zero-order chi connectivity index (χ0) is 22.4. The molecule has 2 fully saturated rings. The Morgan fingerprint density at radius 3 is 2.10 bits per heavy atom. The van der Waals surface area contributed by atoms with Gasteiger partial charge in [0.1, 0.15) is 0 Å². The molecule has 1 aliphatic carbocycles. The summed E-state index contributed by atoms with van der Waals surface area (Å²) in [5.74, 6) is 0.877. The Bertz CT molecular complexity index is 899. The van der Waals surface area contributed by atoms with Gasteiger partial charge in [-0.15, -0.1) is 0 Å². The number of nitrogens with zero attached hydrogens (tertiary/aromatic N) is 1. The van der Waals surface area contributed by atoms with E-state index < -0.39 is 17.3 Å². The molecule has 0 bridgehead atoms. The van der Waals surface area contributed by atoms with Gasteiger partial charge in [0.05, 0.1) is 11.2 Å². The van der Waals surface area contributed by atoms with Crippen molar-refractivity contribution in [3.63, 3.8) is 0 Å². The number of hydrogen-bond acceptors (Lipinski definition) is 2. The van der Waals surface area contributed by atoms with Gasteiger partial charge in [-0.05, 0) is 59.3 Å². The summed E-state index contributed by atoms with van der Waals surface area (Å²) in [6, 6.07) is 14.1. The van der Waals surface area contributed by atoms with E-state index in [1.807, 2.05) is 0 Å². The minimum atomic E-state index is -4.30. The monoisotopic (exact) mass is 431 g/mol. The third-order valence-corrected chi connectivity index (χ3v) is 7.11. The molecule has 0 spiro atoms. The summed E-state index contributed by atoms with van der Waals surface area (Å²) in [5, 5.41) is 11.3. The number of rotatable bonds is 4. The molecule has 4 rings (SSSR count). The first-order chi connectivity index (χ1) is 14.4. The minimum Gasteiger partial charge on any atom is -0.385 e. The average molecular weight is 432 g/mol. The van der Waals surface area contributed by atoms with Crippen molar-refractivity contribution in [2.24, 2.45) is 11.8 Å². The number of fused-ring (bicyclic) bond motifs is 1. The van der Waals surface area contributed by atoms with Crippen molar-refractivity contribution in [3.05, 3.63) is 70.8 Å². The molecule has 2 aromatic carbocycles. The van der Waals surface area contributed by atoms with E-state index in [1.165, 1.54) is 17.7 Å². The fraction of sp³-hybridized carbons (Fsp3) is 0.538. The van der Waals surface area contributed by atoms with Gasteiger partial charge in [0.15, 0.2) is 0 Å². The number of hydrogen-bond donors (Lipinski definition) is 1. The van der Waals surface area contributed by atoms with Crippen LogP contribution in [0.1, 0.15) is 55.9 Å². The number of benzene rings is 2. The van der Waals surface area contributed by atoms with Crippen LogP contribution in [0.2, 0.25) is 0 Å². The fourth-order valence-electron chi connectivity index (χ4n) is 5.34. The van der Waals surface area contributed by atoms with Crippen LogP contribution in [0, 0.1) is 11.8 Å². The van der Waals surface area contributed by atoms with Crippen LogP contribution in [0.5, 0.6) is 0 Å². The molecule has 168 valence electrons. The van der Waals surface area contributed by atoms with Gasteiger partial charge >= 0.3 is 6.18 Å². The van der Waals surface area contributed by atoms with Gasteiger partial charge < -0.3 is 10.0 Å². The molecule has 2 aliphatic rings. The highest BCUT2D eigenvalue weighted by molar-refractivity contribution is 5.32. The van der Waals surface area contributed by atoms with E-state index in [4.69, 9.17) is 0 Å². The van der Waals surface area contributed by atoms with E-state index in [2.05, 4.69) is 49.9 Å². The maximum atomic E-state index is 12.9. The number of halogens is 3. The quantitative estimate of drug-likeness (QED) is 0.664. The van der Waals surface area contributed by atoms with Gasteiger partial charge in [-0.2, -0.15) is 13.2 Å². The molecule has 2 nitrogen and oxygen atoms in total. The Morgan fingerprint density at radius 2 is 1.55 bits per heavy atom. The zero-order valence-corrected chi connectivity index (χ0v) is 18.5. The Hall–Kier alpha value is -1.85. The molecule has 0 amide bonds. The first-order valence-corrected chi connectivity index (χ1v) is 11.2. The third-order valence-electron chi connectivity index (χ3n) is 7.11. The van der Waals surface area contributed by atoms with Crippen molar-refractivity contribution in [2.45, 2.75) is 57.2 Å². The molecule has 1 aliphatic heterocycles. The first kappa shape index (κ1) is 22.3. The van der Waals surface area contributed by atoms with Gasteiger partial charge in [-0.25, -0.2) is 0 Å². The summed E-state index contributed by atoms with van der Waals surface area (Å²) in [7, 11) is 0. The lowest BCUT2D eigenvalue weighted by Crippen LogP contribution is -2.29. The van der Waals surface area contributed by atoms with Crippen LogP contribution in [0.25, 0.3) is 0 Å². The van der Waals surface area contributed by atoms with E-state index in [9.17, 15) is 18.3 Å². The molecule has 0 aromatic heterocycles. The minimum absolute atomic E-state index is 0.0907. The summed E-state index contributed by atoms with van der Waals surface area (Å²) in [5.41, 5.74) is 1.74. The zero-order valence-electron chi connectivity index (χ0n) is 18.5. The van der Waals surface area contributed by atoms with Crippen molar-refractivity contribution in [1.82, 2.24) is 4.90 Å². The molecule has 5 heteroatoms. The van der Waals surface area contributed by atoms with Gasteiger partial charge in [0, 0.05) is 19.6 Å². The average Bonchev–Trinajstić information content (AvgIpc) is 3.20. The highest BCUT2D eigenvalue weighted by atomic mass is 19.4. The van der Waals surface area contributed by atoms with Crippen LogP contribution in [-0.2, 0) is 23.6 Å². The van der Waals surface area contributed by atoms with Crippen molar-refractivity contribution in [1.29, 1.82) is 0 Å². The molecule has 0 radical (unpaired) electrons. The second kappa shape index (κ2) is 7.93. The lowest BCUT2D eigenvalue weighted by Gasteiger charge is -2.27. The molecule has 1 saturated carbocycles. The Balaban J connectivity index is 1.34. The van der Waals surface area contributed by atoms with E-state index in [1.54, 1.807) is 6.07 Å². The van der Waals surface area contributed by atoms with Crippen molar-refractivity contribution < 1.29 is 18.3 Å². The molecular weight excluding hydrogens is 399 g/mol. The van der Waals surface area contributed by atoms with Crippen LogP contribution in [0.3, 0.4) is 0 Å².